The third kappa shape index (κ3) is 5.67. The van der Waals surface area contributed by atoms with Crippen LogP contribution >= 0.6 is 11.6 Å². The van der Waals surface area contributed by atoms with Crippen molar-refractivity contribution in [2.24, 2.45) is 5.92 Å². The molecule has 25 heavy (non-hydrogen) atoms. The highest BCUT2D eigenvalue weighted by atomic mass is 35.5. The fourth-order valence-corrected chi connectivity index (χ4v) is 4.12. The lowest BCUT2D eigenvalue weighted by atomic mass is 10.0. The summed E-state index contributed by atoms with van der Waals surface area (Å²) in [7, 11) is -1.77. The normalized spacial score (nSPS) is 17.7. The molecule has 1 aliphatic heterocycles. The van der Waals surface area contributed by atoms with Crippen LogP contribution in [-0.2, 0) is 14.8 Å². The van der Waals surface area contributed by atoms with Gasteiger partial charge in [-0.05, 0) is 43.7 Å². The molecule has 0 spiro atoms. The van der Waals surface area contributed by atoms with Gasteiger partial charge < -0.3 is 9.80 Å². The molecular formula is C17H26ClN3O3S. The number of hydrogen-bond acceptors (Lipinski definition) is 4. The van der Waals surface area contributed by atoms with E-state index in [0.29, 0.717) is 24.5 Å². The van der Waals surface area contributed by atoms with Crippen molar-refractivity contribution in [2.45, 2.75) is 31.2 Å². The van der Waals surface area contributed by atoms with Gasteiger partial charge in [-0.15, -0.1) is 0 Å². The number of nitrogens with zero attached hydrogens (tertiary/aromatic N) is 2. The molecule has 1 N–H and O–H groups in total. The molecule has 1 amide bonds. The average Bonchev–Trinajstić information content (AvgIpc) is 2.54. The molecule has 1 saturated heterocycles. The molecule has 1 heterocycles. The first-order chi connectivity index (χ1) is 11.7. The monoisotopic (exact) mass is 387 g/mol. The number of halogens is 1. The quantitative estimate of drug-likeness (QED) is 0.808. The van der Waals surface area contributed by atoms with E-state index < -0.39 is 16.1 Å². The van der Waals surface area contributed by atoms with Crippen LogP contribution in [0.4, 0.5) is 0 Å². The smallest absolute Gasteiger partial charge is 0.241 e. The number of carbonyl (C=O) groups is 1. The number of benzene rings is 1. The minimum atomic E-state index is -3.78. The third-order valence-electron chi connectivity index (χ3n) is 4.24. The first-order valence-electron chi connectivity index (χ1n) is 8.44. The highest BCUT2D eigenvalue weighted by molar-refractivity contribution is 7.89. The highest BCUT2D eigenvalue weighted by Crippen LogP contribution is 2.17. The maximum Gasteiger partial charge on any atom is 0.241 e. The van der Waals surface area contributed by atoms with E-state index in [0.717, 1.165) is 13.1 Å². The lowest BCUT2D eigenvalue weighted by Gasteiger charge is -2.35. The van der Waals surface area contributed by atoms with Crippen molar-refractivity contribution in [1.29, 1.82) is 0 Å². The number of nitrogens with one attached hydrogen (secondary N) is 1. The van der Waals surface area contributed by atoms with Gasteiger partial charge in [0.1, 0.15) is 6.04 Å². The summed E-state index contributed by atoms with van der Waals surface area (Å²) in [5.74, 6) is 0.0358. The highest BCUT2D eigenvalue weighted by Gasteiger charge is 2.31. The SMILES string of the molecule is CC(C)C[C@@H](NS(=O)(=O)c1ccc(Cl)cc1)C(=O)N1CCN(C)CC1. The van der Waals surface area contributed by atoms with E-state index in [1.807, 2.05) is 20.9 Å². The van der Waals surface area contributed by atoms with Crippen molar-refractivity contribution in [1.82, 2.24) is 14.5 Å². The van der Waals surface area contributed by atoms with Gasteiger partial charge in [0, 0.05) is 31.2 Å². The lowest BCUT2D eigenvalue weighted by molar-refractivity contribution is -0.135. The van der Waals surface area contributed by atoms with Crippen molar-refractivity contribution in [3.63, 3.8) is 0 Å². The number of carbonyl (C=O) groups excluding carboxylic acids is 1. The first-order valence-corrected chi connectivity index (χ1v) is 10.3. The minimum Gasteiger partial charge on any atom is -0.339 e. The Labute approximate surface area is 155 Å². The number of sulfonamides is 1. The molecule has 8 heteroatoms. The summed E-state index contributed by atoms with van der Waals surface area (Å²) in [6.07, 6.45) is 0.456. The van der Waals surface area contributed by atoms with Gasteiger partial charge in [-0.2, -0.15) is 4.72 Å². The largest absolute Gasteiger partial charge is 0.339 e. The Hall–Kier alpha value is -1.15. The lowest BCUT2D eigenvalue weighted by Crippen LogP contribution is -2.54. The van der Waals surface area contributed by atoms with Crippen LogP contribution in [0.25, 0.3) is 0 Å². The summed E-state index contributed by atoms with van der Waals surface area (Å²) in [5, 5.41) is 0.464. The third-order valence-corrected chi connectivity index (χ3v) is 5.98. The molecule has 0 bridgehead atoms. The molecule has 1 aliphatic rings. The summed E-state index contributed by atoms with van der Waals surface area (Å²) in [6, 6.07) is 5.17. The summed E-state index contributed by atoms with van der Waals surface area (Å²) >= 11 is 5.82. The molecular weight excluding hydrogens is 362 g/mol. The van der Waals surface area contributed by atoms with E-state index >= 15 is 0 Å². The molecule has 2 rings (SSSR count). The van der Waals surface area contributed by atoms with Crippen LogP contribution in [-0.4, -0.2) is 63.4 Å². The molecule has 140 valence electrons. The molecule has 1 aromatic carbocycles. The van der Waals surface area contributed by atoms with Crippen LogP contribution in [0.2, 0.25) is 5.02 Å². The van der Waals surface area contributed by atoms with Gasteiger partial charge >= 0.3 is 0 Å². The number of hydrogen-bond donors (Lipinski definition) is 1. The summed E-state index contributed by atoms with van der Waals surface area (Å²) in [6.45, 7) is 6.77. The van der Waals surface area contributed by atoms with Gasteiger partial charge in [0.2, 0.25) is 15.9 Å². The Morgan fingerprint density at radius 3 is 2.24 bits per heavy atom. The van der Waals surface area contributed by atoms with E-state index in [4.69, 9.17) is 11.6 Å². The van der Waals surface area contributed by atoms with Crippen molar-refractivity contribution in [2.75, 3.05) is 33.2 Å². The standard InChI is InChI=1S/C17H26ClN3O3S/c1-13(2)12-16(17(22)21-10-8-20(3)9-11-21)19-25(23,24)15-6-4-14(18)5-7-15/h4-7,13,16,19H,8-12H2,1-3H3/t16-/m1/s1. The summed E-state index contributed by atoms with van der Waals surface area (Å²) < 4.78 is 27.9. The second-order valence-electron chi connectivity index (χ2n) is 6.89. The molecule has 0 aromatic heterocycles. The molecule has 1 fully saturated rings. The van der Waals surface area contributed by atoms with Crippen LogP contribution in [0.1, 0.15) is 20.3 Å². The Balaban J connectivity index is 2.16. The Morgan fingerprint density at radius 1 is 1.16 bits per heavy atom. The second-order valence-corrected chi connectivity index (χ2v) is 9.04. The predicted octanol–water partition coefficient (Wildman–Crippen LogP) is 1.81. The van der Waals surface area contributed by atoms with E-state index in [1.54, 1.807) is 4.90 Å². The fraction of sp³-hybridized carbons (Fsp3) is 0.588. The average molecular weight is 388 g/mol. The topological polar surface area (TPSA) is 69.7 Å². The molecule has 1 aromatic rings. The van der Waals surface area contributed by atoms with E-state index in [1.165, 1.54) is 24.3 Å². The van der Waals surface area contributed by atoms with Crippen molar-refractivity contribution < 1.29 is 13.2 Å². The molecule has 1 atom stereocenters. The van der Waals surface area contributed by atoms with E-state index in [2.05, 4.69) is 9.62 Å². The zero-order chi connectivity index (χ0) is 18.6. The summed E-state index contributed by atoms with van der Waals surface area (Å²) in [5.41, 5.74) is 0. The second kappa shape index (κ2) is 8.49. The molecule has 0 aliphatic carbocycles. The van der Waals surface area contributed by atoms with Gasteiger partial charge in [-0.3, -0.25) is 4.79 Å². The molecule has 0 saturated carbocycles. The number of likely N-dealkylation sites (N-methyl/N-ethyl adjacent to an activating group) is 1. The molecule has 0 radical (unpaired) electrons. The number of amides is 1. The van der Waals surface area contributed by atoms with Crippen molar-refractivity contribution in [3.05, 3.63) is 29.3 Å². The van der Waals surface area contributed by atoms with Crippen molar-refractivity contribution in [3.8, 4) is 0 Å². The van der Waals surface area contributed by atoms with Gasteiger partial charge in [0.25, 0.3) is 0 Å². The Morgan fingerprint density at radius 2 is 1.72 bits per heavy atom. The zero-order valence-electron chi connectivity index (χ0n) is 14.9. The zero-order valence-corrected chi connectivity index (χ0v) is 16.5. The maximum atomic E-state index is 12.9. The van der Waals surface area contributed by atoms with Crippen molar-refractivity contribution >= 4 is 27.5 Å². The van der Waals surface area contributed by atoms with E-state index in [-0.39, 0.29) is 16.7 Å². The predicted molar refractivity (Wildman–Crippen MR) is 99.1 cm³/mol. The van der Waals surface area contributed by atoms with Crippen LogP contribution in [0.5, 0.6) is 0 Å². The van der Waals surface area contributed by atoms with Gasteiger partial charge in [0.15, 0.2) is 0 Å². The van der Waals surface area contributed by atoms with Crippen LogP contribution < -0.4 is 4.72 Å². The molecule has 6 nitrogen and oxygen atoms in total. The first kappa shape index (κ1) is 20.2. The van der Waals surface area contributed by atoms with Gasteiger partial charge in [-0.25, -0.2) is 8.42 Å². The van der Waals surface area contributed by atoms with Crippen LogP contribution in [0.15, 0.2) is 29.2 Å². The van der Waals surface area contributed by atoms with Crippen LogP contribution in [0, 0.1) is 5.92 Å². The van der Waals surface area contributed by atoms with Crippen LogP contribution in [0.3, 0.4) is 0 Å². The fourth-order valence-electron chi connectivity index (χ4n) is 2.79. The number of rotatable bonds is 6. The molecule has 0 unspecified atom stereocenters. The maximum absolute atomic E-state index is 12.9. The Bertz CT molecular complexity index is 684. The van der Waals surface area contributed by atoms with Gasteiger partial charge in [0.05, 0.1) is 4.90 Å². The Kier molecular flexibility index (Phi) is 6.85. The minimum absolute atomic E-state index is 0.108. The summed E-state index contributed by atoms with van der Waals surface area (Å²) in [4.78, 5) is 16.9. The van der Waals surface area contributed by atoms with Gasteiger partial charge in [-0.1, -0.05) is 25.4 Å². The van der Waals surface area contributed by atoms with E-state index in [9.17, 15) is 13.2 Å². The number of piperazine rings is 1.